The van der Waals surface area contributed by atoms with Gasteiger partial charge < -0.3 is 9.72 Å². The molecule has 2 aromatic heterocycles. The topological polar surface area (TPSA) is 76.5 Å². The van der Waals surface area contributed by atoms with Crippen LogP contribution in [0.4, 0.5) is 0 Å². The summed E-state index contributed by atoms with van der Waals surface area (Å²) in [6.45, 7) is 1.84. The molecule has 0 radical (unpaired) electrons. The predicted octanol–water partition coefficient (Wildman–Crippen LogP) is 0.372. The lowest BCUT2D eigenvalue weighted by atomic mass is 10.2. The minimum absolute atomic E-state index is 0.0375. The van der Waals surface area contributed by atoms with Crippen molar-refractivity contribution >= 4 is 11.7 Å². The number of nitrogens with zero attached hydrogens (tertiary/aromatic N) is 2. The standard InChI is InChI=1S/C10H11N3O3/c1-3-6-7(9(15)16-2)8(14)13-5-4-11-10(13)12-6/h4-5H,3H2,1-2H3,(H,11,12). The molecule has 1 N–H and O–H groups in total. The molecule has 2 aromatic rings. The number of nitrogens with one attached hydrogen (secondary N) is 1. The molecule has 0 bridgehead atoms. The molecule has 2 rings (SSSR count). The SMILES string of the molecule is CCc1[nH]c2nccn2c(=O)c1C(=O)OC. The van der Waals surface area contributed by atoms with Crippen LogP contribution in [-0.2, 0) is 11.2 Å². The third kappa shape index (κ3) is 1.39. The van der Waals surface area contributed by atoms with E-state index in [-0.39, 0.29) is 5.56 Å². The van der Waals surface area contributed by atoms with Crippen molar-refractivity contribution in [3.05, 3.63) is 34.0 Å². The van der Waals surface area contributed by atoms with Crippen LogP contribution < -0.4 is 5.56 Å². The summed E-state index contributed by atoms with van der Waals surface area (Å²) in [6.07, 6.45) is 3.52. The first-order chi connectivity index (χ1) is 7.69. The van der Waals surface area contributed by atoms with E-state index in [4.69, 9.17) is 0 Å². The van der Waals surface area contributed by atoms with Crippen molar-refractivity contribution in [2.75, 3.05) is 7.11 Å². The van der Waals surface area contributed by atoms with Crippen molar-refractivity contribution in [2.24, 2.45) is 0 Å². The number of rotatable bonds is 2. The van der Waals surface area contributed by atoms with Crippen molar-refractivity contribution < 1.29 is 9.53 Å². The Kier molecular flexibility index (Phi) is 2.47. The molecule has 0 spiro atoms. The van der Waals surface area contributed by atoms with Gasteiger partial charge in [0.25, 0.3) is 5.56 Å². The summed E-state index contributed by atoms with van der Waals surface area (Å²) in [5.74, 6) is -0.205. The molecule has 16 heavy (non-hydrogen) atoms. The molecule has 0 aliphatic carbocycles. The lowest BCUT2D eigenvalue weighted by molar-refractivity contribution is 0.0596. The maximum atomic E-state index is 12.0. The fourth-order valence-corrected chi connectivity index (χ4v) is 1.58. The molecule has 0 saturated carbocycles. The fraction of sp³-hybridized carbons (Fsp3) is 0.300. The number of H-pyrrole nitrogens is 1. The fourth-order valence-electron chi connectivity index (χ4n) is 1.58. The highest BCUT2D eigenvalue weighted by molar-refractivity contribution is 5.90. The number of fused-ring (bicyclic) bond motifs is 1. The lowest BCUT2D eigenvalue weighted by Gasteiger charge is -2.05. The van der Waals surface area contributed by atoms with E-state index in [1.165, 1.54) is 23.9 Å². The van der Waals surface area contributed by atoms with Gasteiger partial charge in [-0.3, -0.25) is 9.20 Å². The number of imidazole rings is 1. The number of aromatic amines is 1. The zero-order valence-electron chi connectivity index (χ0n) is 8.98. The number of esters is 1. The van der Waals surface area contributed by atoms with Crippen molar-refractivity contribution in [1.82, 2.24) is 14.4 Å². The van der Waals surface area contributed by atoms with Crippen LogP contribution in [0.5, 0.6) is 0 Å². The summed E-state index contributed by atoms with van der Waals surface area (Å²) in [5, 5.41) is 0. The van der Waals surface area contributed by atoms with Gasteiger partial charge in [0.1, 0.15) is 5.56 Å². The van der Waals surface area contributed by atoms with Crippen LogP contribution in [0.15, 0.2) is 17.2 Å². The number of hydrogen-bond donors (Lipinski definition) is 1. The predicted molar refractivity (Wildman–Crippen MR) is 56.5 cm³/mol. The molecule has 0 aliphatic heterocycles. The number of carbonyl (C=O) groups excluding carboxylic acids is 1. The van der Waals surface area contributed by atoms with E-state index in [1.54, 1.807) is 0 Å². The maximum Gasteiger partial charge on any atom is 0.345 e. The van der Waals surface area contributed by atoms with E-state index in [2.05, 4.69) is 14.7 Å². The molecule has 2 heterocycles. The average Bonchev–Trinajstić information content (AvgIpc) is 2.76. The highest BCUT2D eigenvalue weighted by atomic mass is 16.5. The van der Waals surface area contributed by atoms with Crippen LogP contribution >= 0.6 is 0 Å². The Morgan fingerprint density at radius 3 is 3.00 bits per heavy atom. The second kappa shape index (κ2) is 3.80. The number of aryl methyl sites for hydroxylation is 1. The molecule has 6 nitrogen and oxygen atoms in total. The third-order valence-electron chi connectivity index (χ3n) is 2.38. The normalized spacial score (nSPS) is 10.6. The Morgan fingerprint density at radius 2 is 2.38 bits per heavy atom. The Morgan fingerprint density at radius 1 is 1.62 bits per heavy atom. The second-order valence-electron chi connectivity index (χ2n) is 3.25. The first kappa shape index (κ1) is 10.4. The molecule has 0 unspecified atom stereocenters. The monoisotopic (exact) mass is 221 g/mol. The Balaban J connectivity index is 2.83. The Labute approximate surface area is 90.9 Å². The third-order valence-corrected chi connectivity index (χ3v) is 2.38. The van der Waals surface area contributed by atoms with Crippen molar-refractivity contribution in [3.8, 4) is 0 Å². The molecule has 0 aliphatic rings. The largest absolute Gasteiger partial charge is 0.465 e. The van der Waals surface area contributed by atoms with Crippen LogP contribution in [-0.4, -0.2) is 27.4 Å². The van der Waals surface area contributed by atoms with Gasteiger partial charge in [0.05, 0.1) is 7.11 Å². The summed E-state index contributed by atoms with van der Waals surface area (Å²) in [4.78, 5) is 30.4. The lowest BCUT2D eigenvalue weighted by Crippen LogP contribution is -2.25. The van der Waals surface area contributed by atoms with Gasteiger partial charge in [-0.15, -0.1) is 0 Å². The van der Waals surface area contributed by atoms with Gasteiger partial charge in [-0.05, 0) is 6.42 Å². The van der Waals surface area contributed by atoms with Gasteiger partial charge in [0, 0.05) is 18.1 Å². The quantitative estimate of drug-likeness (QED) is 0.743. The molecule has 0 atom stereocenters. The van der Waals surface area contributed by atoms with Crippen LogP contribution in [0.2, 0.25) is 0 Å². The van der Waals surface area contributed by atoms with E-state index in [1.807, 2.05) is 6.92 Å². The zero-order chi connectivity index (χ0) is 11.7. The van der Waals surface area contributed by atoms with E-state index >= 15 is 0 Å². The maximum absolute atomic E-state index is 12.0. The van der Waals surface area contributed by atoms with Gasteiger partial charge >= 0.3 is 5.97 Å². The highest BCUT2D eigenvalue weighted by Crippen LogP contribution is 2.05. The van der Waals surface area contributed by atoms with Crippen molar-refractivity contribution in [3.63, 3.8) is 0 Å². The minimum atomic E-state index is -0.631. The summed E-state index contributed by atoms with van der Waals surface area (Å²) < 4.78 is 5.88. The Bertz CT molecular complexity index is 597. The van der Waals surface area contributed by atoms with Crippen molar-refractivity contribution in [2.45, 2.75) is 13.3 Å². The number of aromatic nitrogens is 3. The Hall–Kier alpha value is -2.11. The summed E-state index contributed by atoms with van der Waals surface area (Å²) in [5.41, 5.74) is 0.168. The van der Waals surface area contributed by atoms with Gasteiger partial charge in [0.2, 0.25) is 5.78 Å². The zero-order valence-corrected chi connectivity index (χ0v) is 8.98. The van der Waals surface area contributed by atoms with Gasteiger partial charge in [-0.2, -0.15) is 0 Å². The van der Waals surface area contributed by atoms with Gasteiger partial charge in [-0.1, -0.05) is 6.92 Å². The highest BCUT2D eigenvalue weighted by Gasteiger charge is 2.18. The molecule has 0 saturated heterocycles. The van der Waals surface area contributed by atoms with Gasteiger partial charge in [-0.25, -0.2) is 9.78 Å². The number of carbonyl (C=O) groups is 1. The summed E-state index contributed by atoms with van der Waals surface area (Å²) in [7, 11) is 1.25. The average molecular weight is 221 g/mol. The summed E-state index contributed by atoms with van der Waals surface area (Å²) in [6, 6.07) is 0. The smallest absolute Gasteiger partial charge is 0.345 e. The van der Waals surface area contributed by atoms with Crippen LogP contribution in [0.25, 0.3) is 5.78 Å². The molecule has 84 valence electrons. The van der Waals surface area contributed by atoms with Gasteiger partial charge in [0.15, 0.2) is 0 Å². The molecular weight excluding hydrogens is 210 g/mol. The molecule has 6 heteroatoms. The van der Waals surface area contributed by atoms with Crippen LogP contribution in [0, 0.1) is 0 Å². The second-order valence-corrected chi connectivity index (χ2v) is 3.25. The van der Waals surface area contributed by atoms with Crippen molar-refractivity contribution in [1.29, 1.82) is 0 Å². The van der Waals surface area contributed by atoms with E-state index < -0.39 is 11.5 Å². The van der Waals surface area contributed by atoms with E-state index in [0.717, 1.165) is 0 Å². The summed E-state index contributed by atoms with van der Waals surface area (Å²) >= 11 is 0. The minimum Gasteiger partial charge on any atom is -0.465 e. The number of hydrogen-bond acceptors (Lipinski definition) is 4. The first-order valence-electron chi connectivity index (χ1n) is 4.85. The first-order valence-corrected chi connectivity index (χ1v) is 4.85. The van der Waals surface area contributed by atoms with E-state index in [9.17, 15) is 9.59 Å². The van der Waals surface area contributed by atoms with E-state index in [0.29, 0.717) is 17.9 Å². The molecule has 0 amide bonds. The number of ether oxygens (including phenoxy) is 1. The number of methoxy groups -OCH3 is 1. The van der Waals surface area contributed by atoms with Crippen LogP contribution in [0.1, 0.15) is 23.0 Å². The van der Waals surface area contributed by atoms with Crippen LogP contribution in [0.3, 0.4) is 0 Å². The molecular formula is C10H11N3O3. The molecule has 0 aromatic carbocycles. The molecule has 0 fully saturated rings.